The molecule has 2 heteroatoms. The van der Waals surface area contributed by atoms with Gasteiger partial charge in [-0.15, -0.1) is 0 Å². The highest BCUT2D eigenvalue weighted by Gasteiger charge is 2.52. The third-order valence-corrected chi connectivity index (χ3v) is 14.3. The zero-order valence-corrected chi connectivity index (χ0v) is 33.2. The van der Waals surface area contributed by atoms with Gasteiger partial charge in [0.25, 0.3) is 0 Å². The van der Waals surface area contributed by atoms with Gasteiger partial charge in [-0.3, -0.25) is 0 Å². The van der Waals surface area contributed by atoms with Gasteiger partial charge in [0, 0.05) is 38.9 Å². The van der Waals surface area contributed by atoms with Crippen LogP contribution in [0.2, 0.25) is 0 Å². The normalized spacial score (nSPS) is 17.1. The van der Waals surface area contributed by atoms with E-state index < -0.39 is 5.41 Å². The van der Waals surface area contributed by atoms with Gasteiger partial charge < -0.3 is 9.64 Å². The molecule has 9 aromatic carbocycles. The van der Waals surface area contributed by atoms with E-state index >= 15 is 0 Å². The van der Waals surface area contributed by atoms with Crippen molar-refractivity contribution in [1.82, 2.24) is 0 Å². The van der Waals surface area contributed by atoms with E-state index in [0.29, 0.717) is 0 Å². The van der Waals surface area contributed by atoms with Crippen molar-refractivity contribution in [3.63, 3.8) is 0 Å². The van der Waals surface area contributed by atoms with E-state index in [1.165, 1.54) is 109 Å². The molecule has 1 unspecified atom stereocenters. The molecule has 1 atom stereocenters. The molecule has 284 valence electrons. The van der Waals surface area contributed by atoms with Crippen LogP contribution in [0.4, 0.5) is 17.1 Å². The summed E-state index contributed by atoms with van der Waals surface area (Å²) in [4.78, 5) is 2.54. The number of fused-ring (bicyclic) bond motifs is 16. The van der Waals surface area contributed by atoms with E-state index in [9.17, 15) is 0 Å². The molecule has 1 saturated carbocycles. The molecule has 2 spiro atoms. The number of anilines is 3. The fourth-order valence-electron chi connectivity index (χ4n) is 11.8. The van der Waals surface area contributed by atoms with Crippen molar-refractivity contribution in [1.29, 1.82) is 0 Å². The highest BCUT2D eigenvalue weighted by Crippen LogP contribution is 2.65. The summed E-state index contributed by atoms with van der Waals surface area (Å²) in [6, 6.07) is 74.5. The van der Waals surface area contributed by atoms with E-state index in [4.69, 9.17) is 4.74 Å². The van der Waals surface area contributed by atoms with Crippen LogP contribution in [0.25, 0.3) is 44.2 Å². The first-order chi connectivity index (χ1) is 29.7. The molecule has 60 heavy (non-hydrogen) atoms. The Bertz CT molecular complexity index is 3190. The molecule has 0 bridgehead atoms. The highest BCUT2D eigenvalue weighted by molar-refractivity contribution is 6.01. The SMILES string of the molecule is c1ccc(-c2ccc(N(c3ccc4c(c3)C3(CCCC3)c3ccccc3-4)c3cccc4c3-c3ccccc3C43c4ccccc4Oc4c3ccc3ccccc43)cc2)cc1. The first-order valence-corrected chi connectivity index (χ1v) is 21.5. The van der Waals surface area contributed by atoms with Crippen LogP contribution >= 0.6 is 0 Å². The second-order valence-corrected chi connectivity index (χ2v) is 17.1. The maximum atomic E-state index is 6.98. The summed E-state index contributed by atoms with van der Waals surface area (Å²) in [5.41, 5.74) is 18.6. The Hall–Kier alpha value is -7.16. The summed E-state index contributed by atoms with van der Waals surface area (Å²) in [6.07, 6.45) is 4.90. The maximum absolute atomic E-state index is 6.98. The molecule has 0 N–H and O–H groups in total. The van der Waals surface area contributed by atoms with Crippen molar-refractivity contribution >= 4 is 27.8 Å². The molecule has 0 radical (unpaired) electrons. The van der Waals surface area contributed by atoms with E-state index in [0.717, 1.165) is 22.6 Å². The summed E-state index contributed by atoms with van der Waals surface area (Å²) >= 11 is 0. The Morgan fingerprint density at radius 1 is 0.417 bits per heavy atom. The van der Waals surface area contributed by atoms with Gasteiger partial charge in [-0.25, -0.2) is 0 Å². The zero-order valence-electron chi connectivity index (χ0n) is 33.2. The quantitative estimate of drug-likeness (QED) is 0.177. The molecular formula is C58H41NO. The highest BCUT2D eigenvalue weighted by atomic mass is 16.5. The molecule has 3 aliphatic carbocycles. The molecule has 0 aromatic heterocycles. The van der Waals surface area contributed by atoms with Crippen LogP contribution in [0.3, 0.4) is 0 Å². The van der Waals surface area contributed by atoms with Gasteiger partial charge in [0.15, 0.2) is 0 Å². The van der Waals surface area contributed by atoms with Crippen LogP contribution in [0, 0.1) is 0 Å². The van der Waals surface area contributed by atoms with Gasteiger partial charge in [0.05, 0.1) is 11.1 Å². The minimum Gasteiger partial charge on any atom is -0.456 e. The van der Waals surface area contributed by atoms with Gasteiger partial charge in [-0.2, -0.15) is 0 Å². The third-order valence-electron chi connectivity index (χ3n) is 14.3. The molecule has 2 nitrogen and oxygen atoms in total. The first kappa shape index (κ1) is 33.8. The molecule has 1 fully saturated rings. The lowest BCUT2D eigenvalue weighted by molar-refractivity contribution is 0.441. The lowest BCUT2D eigenvalue weighted by Crippen LogP contribution is -2.32. The van der Waals surface area contributed by atoms with Gasteiger partial charge in [-0.05, 0) is 105 Å². The van der Waals surface area contributed by atoms with Crippen LogP contribution in [0.1, 0.15) is 59.1 Å². The van der Waals surface area contributed by atoms with E-state index in [2.05, 4.69) is 205 Å². The third kappa shape index (κ3) is 4.48. The Kier molecular flexibility index (Phi) is 7.13. The number of hydrogen-bond donors (Lipinski definition) is 0. The monoisotopic (exact) mass is 767 g/mol. The molecule has 4 aliphatic rings. The summed E-state index contributed by atoms with van der Waals surface area (Å²) in [6.45, 7) is 0. The van der Waals surface area contributed by atoms with Crippen molar-refractivity contribution < 1.29 is 4.74 Å². The predicted molar refractivity (Wildman–Crippen MR) is 246 cm³/mol. The van der Waals surface area contributed by atoms with E-state index in [1.807, 2.05) is 0 Å². The second kappa shape index (κ2) is 12.7. The van der Waals surface area contributed by atoms with Crippen LogP contribution in [0.5, 0.6) is 11.5 Å². The number of nitrogens with zero attached hydrogens (tertiary/aromatic N) is 1. The number of rotatable bonds is 4. The Morgan fingerprint density at radius 2 is 1.07 bits per heavy atom. The molecule has 0 saturated heterocycles. The molecule has 9 aromatic rings. The fourth-order valence-corrected chi connectivity index (χ4v) is 11.8. The van der Waals surface area contributed by atoms with Gasteiger partial charge in [0.2, 0.25) is 0 Å². The summed E-state index contributed by atoms with van der Waals surface area (Å²) in [7, 11) is 0. The number of ether oxygens (including phenoxy) is 1. The number of hydrogen-bond acceptors (Lipinski definition) is 2. The Labute approximate surface area is 351 Å². The molecule has 13 rings (SSSR count). The smallest absolute Gasteiger partial charge is 0.140 e. The largest absolute Gasteiger partial charge is 0.456 e. The second-order valence-electron chi connectivity index (χ2n) is 17.1. The number of benzene rings is 9. The van der Waals surface area contributed by atoms with Crippen LogP contribution in [0.15, 0.2) is 200 Å². The van der Waals surface area contributed by atoms with Crippen molar-refractivity contribution in [3.05, 3.63) is 234 Å². The Balaban J connectivity index is 1.09. The molecule has 1 aliphatic heterocycles. The number of para-hydroxylation sites is 1. The Morgan fingerprint density at radius 3 is 1.92 bits per heavy atom. The average molecular weight is 768 g/mol. The van der Waals surface area contributed by atoms with Gasteiger partial charge in [0.1, 0.15) is 11.5 Å². The average Bonchev–Trinajstić information content (AvgIpc) is 4.00. The molecule has 1 heterocycles. The van der Waals surface area contributed by atoms with Crippen molar-refractivity contribution in [2.75, 3.05) is 4.90 Å². The van der Waals surface area contributed by atoms with E-state index in [1.54, 1.807) is 0 Å². The zero-order chi connectivity index (χ0) is 39.4. The summed E-state index contributed by atoms with van der Waals surface area (Å²) in [5.74, 6) is 1.84. The lowest BCUT2D eigenvalue weighted by atomic mass is 9.65. The van der Waals surface area contributed by atoms with Crippen molar-refractivity contribution in [3.8, 4) is 44.9 Å². The lowest BCUT2D eigenvalue weighted by Gasteiger charge is -2.40. The predicted octanol–water partition coefficient (Wildman–Crippen LogP) is 15.3. The van der Waals surface area contributed by atoms with Crippen molar-refractivity contribution in [2.24, 2.45) is 0 Å². The minimum atomic E-state index is -0.591. The minimum absolute atomic E-state index is 0.0539. The summed E-state index contributed by atoms with van der Waals surface area (Å²) < 4.78 is 6.98. The van der Waals surface area contributed by atoms with Gasteiger partial charge in [-0.1, -0.05) is 177 Å². The standard InChI is InChI=1S/C58H41NO/c1-2-15-38(16-3-1)39-27-30-41(31-28-39)59(42-32-33-45-44-19-6-8-21-47(44)57(52(45)37-42)35-12-13-36-57)53-25-14-24-50-55(53)46-20-7-9-22-48(46)58(50)49-23-10-11-26-54(49)60-56-43-18-5-4-17-40(43)29-34-51(56)58/h1-11,14-34,37H,12-13,35-36H2. The fraction of sp³-hybridized carbons (Fsp3) is 0.103. The van der Waals surface area contributed by atoms with Gasteiger partial charge >= 0.3 is 0 Å². The van der Waals surface area contributed by atoms with E-state index in [-0.39, 0.29) is 5.41 Å². The van der Waals surface area contributed by atoms with Crippen LogP contribution in [-0.2, 0) is 10.8 Å². The summed E-state index contributed by atoms with van der Waals surface area (Å²) in [5, 5.41) is 2.31. The van der Waals surface area contributed by atoms with Crippen LogP contribution < -0.4 is 9.64 Å². The van der Waals surface area contributed by atoms with Crippen LogP contribution in [-0.4, -0.2) is 0 Å². The topological polar surface area (TPSA) is 12.5 Å². The molecule has 0 amide bonds. The maximum Gasteiger partial charge on any atom is 0.140 e. The first-order valence-electron chi connectivity index (χ1n) is 21.5. The molecular weight excluding hydrogens is 727 g/mol. The van der Waals surface area contributed by atoms with Crippen molar-refractivity contribution in [2.45, 2.75) is 36.5 Å².